The highest BCUT2D eigenvalue weighted by molar-refractivity contribution is 7.98. The molecule has 0 saturated heterocycles. The van der Waals surface area contributed by atoms with E-state index in [0.29, 0.717) is 6.04 Å². The molecule has 0 spiro atoms. The third kappa shape index (κ3) is 4.34. The van der Waals surface area contributed by atoms with Gasteiger partial charge in [-0.25, -0.2) is 4.98 Å². The van der Waals surface area contributed by atoms with Crippen LogP contribution in [0.5, 0.6) is 0 Å². The Morgan fingerprint density at radius 1 is 1.32 bits per heavy atom. The Labute approximate surface area is 123 Å². The fourth-order valence-electron chi connectivity index (χ4n) is 1.90. The van der Waals surface area contributed by atoms with Gasteiger partial charge >= 0.3 is 0 Å². The molecular formula is C15H20N2S2. The summed E-state index contributed by atoms with van der Waals surface area (Å²) in [6.45, 7) is 7.39. The van der Waals surface area contributed by atoms with Gasteiger partial charge in [-0.1, -0.05) is 19.1 Å². The third-order valence-corrected chi connectivity index (χ3v) is 5.10. The highest BCUT2D eigenvalue weighted by atomic mass is 32.2. The number of rotatable bonds is 6. The summed E-state index contributed by atoms with van der Waals surface area (Å²) in [7, 11) is 0. The lowest BCUT2D eigenvalue weighted by Gasteiger charge is -2.12. The normalized spacial score (nSPS) is 12.6. The average Bonchev–Trinajstić information content (AvgIpc) is 2.83. The molecule has 2 rings (SSSR count). The van der Waals surface area contributed by atoms with E-state index in [1.807, 2.05) is 18.0 Å². The summed E-state index contributed by atoms with van der Waals surface area (Å²) in [4.78, 5) is 6.94. The van der Waals surface area contributed by atoms with Gasteiger partial charge in [-0.3, -0.25) is 0 Å². The molecule has 1 heterocycles. The Hall–Kier alpha value is -0.840. The molecule has 0 fully saturated rings. The highest BCUT2D eigenvalue weighted by Gasteiger charge is 2.04. The van der Waals surface area contributed by atoms with Crippen molar-refractivity contribution in [2.24, 2.45) is 0 Å². The zero-order valence-corrected chi connectivity index (χ0v) is 13.3. The van der Waals surface area contributed by atoms with Gasteiger partial charge in [0.1, 0.15) is 0 Å². The fourth-order valence-corrected chi connectivity index (χ4v) is 3.62. The quantitative estimate of drug-likeness (QED) is 0.798. The number of nitrogens with zero attached hydrogens (tertiary/aromatic N) is 1. The minimum absolute atomic E-state index is 0.424. The van der Waals surface area contributed by atoms with Crippen molar-refractivity contribution in [1.82, 2.24) is 10.3 Å². The van der Waals surface area contributed by atoms with Gasteiger partial charge in [0.05, 0.1) is 5.01 Å². The summed E-state index contributed by atoms with van der Waals surface area (Å²) in [5.74, 6) is 1.01. The van der Waals surface area contributed by atoms with E-state index in [4.69, 9.17) is 0 Å². The van der Waals surface area contributed by atoms with Crippen molar-refractivity contribution in [2.75, 3.05) is 6.54 Å². The van der Waals surface area contributed by atoms with E-state index in [0.717, 1.165) is 17.3 Å². The molecule has 1 atom stereocenters. The first-order chi connectivity index (χ1) is 9.19. The topological polar surface area (TPSA) is 24.9 Å². The van der Waals surface area contributed by atoms with Crippen LogP contribution in [0.15, 0.2) is 35.4 Å². The maximum Gasteiger partial charge on any atom is 0.0897 e. The number of benzene rings is 1. The molecule has 0 radical (unpaired) electrons. The minimum atomic E-state index is 0.424. The lowest BCUT2D eigenvalue weighted by Crippen LogP contribution is -2.17. The summed E-state index contributed by atoms with van der Waals surface area (Å²) in [6, 6.07) is 9.28. The molecule has 0 bridgehead atoms. The van der Waals surface area contributed by atoms with E-state index in [1.165, 1.54) is 15.3 Å². The number of aromatic nitrogens is 1. The Morgan fingerprint density at radius 2 is 2.05 bits per heavy atom. The second-order valence-corrected chi connectivity index (χ2v) is 6.85. The van der Waals surface area contributed by atoms with Gasteiger partial charge in [-0.15, -0.1) is 23.1 Å². The van der Waals surface area contributed by atoms with Crippen LogP contribution in [-0.4, -0.2) is 11.5 Å². The lowest BCUT2D eigenvalue weighted by atomic mass is 10.1. The Balaban J connectivity index is 1.91. The zero-order chi connectivity index (χ0) is 13.7. The van der Waals surface area contributed by atoms with Crippen LogP contribution in [-0.2, 0) is 5.75 Å². The van der Waals surface area contributed by atoms with E-state index >= 15 is 0 Å². The summed E-state index contributed by atoms with van der Waals surface area (Å²) in [6.07, 6.45) is 1.98. The molecule has 2 aromatic rings. The molecule has 0 amide bonds. The molecule has 4 heteroatoms. The predicted octanol–water partition coefficient (Wildman–Crippen LogP) is 4.41. The first kappa shape index (κ1) is 14.6. The Kier molecular flexibility index (Phi) is 5.43. The molecule has 0 aliphatic heterocycles. The molecule has 102 valence electrons. The highest BCUT2D eigenvalue weighted by Crippen LogP contribution is 2.26. The summed E-state index contributed by atoms with van der Waals surface area (Å²) < 4.78 is 0. The standard InChI is InChI=1S/C15H20N2S2/c1-4-16-11(2)13-5-7-14(8-6-13)18-10-15-9-17-12(3)19-15/h5-9,11,16H,4,10H2,1-3H3. The van der Waals surface area contributed by atoms with Gasteiger partial charge in [-0.05, 0) is 38.1 Å². The molecule has 0 aliphatic carbocycles. The van der Waals surface area contributed by atoms with Gasteiger partial charge in [0.2, 0.25) is 0 Å². The first-order valence-electron chi connectivity index (χ1n) is 6.56. The van der Waals surface area contributed by atoms with Crippen LogP contribution >= 0.6 is 23.1 Å². The molecule has 0 saturated carbocycles. The summed E-state index contributed by atoms with van der Waals surface area (Å²) in [5.41, 5.74) is 1.35. The molecule has 0 aliphatic rings. The van der Waals surface area contributed by atoms with Crippen molar-refractivity contribution in [3.8, 4) is 0 Å². The molecule has 19 heavy (non-hydrogen) atoms. The van der Waals surface area contributed by atoms with Gasteiger partial charge in [0.15, 0.2) is 0 Å². The Bertz CT molecular complexity index is 505. The van der Waals surface area contributed by atoms with Crippen LogP contribution in [0.4, 0.5) is 0 Å². The van der Waals surface area contributed by atoms with Crippen molar-refractivity contribution in [1.29, 1.82) is 0 Å². The van der Waals surface area contributed by atoms with Crippen LogP contribution in [0, 0.1) is 6.92 Å². The average molecular weight is 292 g/mol. The van der Waals surface area contributed by atoms with Crippen molar-refractivity contribution in [3.63, 3.8) is 0 Å². The molecule has 1 aromatic carbocycles. The number of hydrogen-bond donors (Lipinski definition) is 1. The Morgan fingerprint density at radius 3 is 2.63 bits per heavy atom. The fraction of sp³-hybridized carbons (Fsp3) is 0.400. The predicted molar refractivity (Wildman–Crippen MR) is 84.9 cm³/mol. The maximum absolute atomic E-state index is 4.28. The summed E-state index contributed by atoms with van der Waals surface area (Å²) in [5, 5.41) is 4.57. The summed E-state index contributed by atoms with van der Waals surface area (Å²) >= 11 is 3.65. The van der Waals surface area contributed by atoms with Gasteiger partial charge < -0.3 is 5.32 Å². The van der Waals surface area contributed by atoms with Crippen LogP contribution in [0.2, 0.25) is 0 Å². The van der Waals surface area contributed by atoms with Gasteiger partial charge in [-0.2, -0.15) is 0 Å². The van der Waals surface area contributed by atoms with E-state index < -0.39 is 0 Å². The zero-order valence-electron chi connectivity index (χ0n) is 11.6. The second-order valence-electron chi connectivity index (χ2n) is 4.48. The lowest BCUT2D eigenvalue weighted by molar-refractivity contribution is 0.598. The number of thiazole rings is 1. The van der Waals surface area contributed by atoms with Crippen LogP contribution < -0.4 is 5.32 Å². The minimum Gasteiger partial charge on any atom is -0.310 e. The molecule has 2 nitrogen and oxygen atoms in total. The van der Waals surface area contributed by atoms with Crippen LogP contribution in [0.25, 0.3) is 0 Å². The molecule has 1 N–H and O–H groups in total. The van der Waals surface area contributed by atoms with Gasteiger partial charge in [0, 0.05) is 27.8 Å². The molecular weight excluding hydrogens is 272 g/mol. The smallest absolute Gasteiger partial charge is 0.0897 e. The van der Waals surface area contributed by atoms with Crippen LogP contribution in [0.3, 0.4) is 0 Å². The number of thioether (sulfide) groups is 1. The van der Waals surface area contributed by atoms with Crippen molar-refractivity contribution < 1.29 is 0 Å². The number of nitrogens with one attached hydrogen (secondary N) is 1. The van der Waals surface area contributed by atoms with Crippen molar-refractivity contribution in [2.45, 2.75) is 37.5 Å². The van der Waals surface area contributed by atoms with E-state index in [2.05, 4.69) is 55.3 Å². The number of aryl methyl sites for hydroxylation is 1. The van der Waals surface area contributed by atoms with E-state index in [9.17, 15) is 0 Å². The largest absolute Gasteiger partial charge is 0.310 e. The monoisotopic (exact) mass is 292 g/mol. The third-order valence-electron chi connectivity index (χ3n) is 2.94. The maximum atomic E-state index is 4.28. The van der Waals surface area contributed by atoms with Crippen LogP contribution in [0.1, 0.15) is 35.3 Å². The van der Waals surface area contributed by atoms with E-state index in [-0.39, 0.29) is 0 Å². The SMILES string of the molecule is CCNC(C)c1ccc(SCc2cnc(C)s2)cc1. The molecule has 1 unspecified atom stereocenters. The number of hydrogen-bond acceptors (Lipinski definition) is 4. The molecule has 1 aromatic heterocycles. The second kappa shape index (κ2) is 7.08. The van der Waals surface area contributed by atoms with Crippen molar-refractivity contribution in [3.05, 3.63) is 45.9 Å². The van der Waals surface area contributed by atoms with Crippen molar-refractivity contribution >= 4 is 23.1 Å². The van der Waals surface area contributed by atoms with Gasteiger partial charge in [0.25, 0.3) is 0 Å². The first-order valence-corrected chi connectivity index (χ1v) is 8.36. The van der Waals surface area contributed by atoms with E-state index in [1.54, 1.807) is 11.3 Å².